The van der Waals surface area contributed by atoms with Crippen LogP contribution in [0.5, 0.6) is 0 Å². The zero-order chi connectivity index (χ0) is 13.2. The lowest BCUT2D eigenvalue weighted by Gasteiger charge is -2.41. The van der Waals surface area contributed by atoms with Gasteiger partial charge in [0.25, 0.3) is 5.56 Å². The number of rotatable bonds is 5. The average Bonchev–Trinajstić information content (AvgIpc) is 2.26. The number of hydrogen-bond donors (Lipinski definition) is 4. The van der Waals surface area contributed by atoms with Crippen LogP contribution in [0.25, 0.3) is 0 Å². The summed E-state index contributed by atoms with van der Waals surface area (Å²) in [6.07, 6.45) is 4.17. The molecule has 1 aromatic rings. The van der Waals surface area contributed by atoms with Crippen LogP contribution in [0.3, 0.4) is 0 Å². The second-order valence-corrected chi connectivity index (χ2v) is 4.77. The third-order valence-electron chi connectivity index (χ3n) is 3.46. The lowest BCUT2D eigenvalue weighted by Crippen LogP contribution is -2.39. The first kappa shape index (κ1) is 12.4. The number of nitrogens with one attached hydrogen (secondary N) is 2. The van der Waals surface area contributed by atoms with Gasteiger partial charge in [-0.05, 0) is 18.3 Å². The molecule has 2 rings (SSSR count). The molecule has 1 aliphatic rings. The Morgan fingerprint density at radius 2 is 2.33 bits per heavy atom. The summed E-state index contributed by atoms with van der Waals surface area (Å²) in [5, 5.41) is 11.9. The molecule has 98 valence electrons. The van der Waals surface area contributed by atoms with Crippen LogP contribution in [0.15, 0.2) is 11.1 Å². The van der Waals surface area contributed by atoms with Crippen LogP contribution in [0.2, 0.25) is 0 Å². The van der Waals surface area contributed by atoms with Crippen molar-refractivity contribution in [2.75, 3.05) is 17.6 Å². The quantitative estimate of drug-likeness (QED) is 0.602. The molecule has 0 bridgehead atoms. The monoisotopic (exact) mass is 252 g/mol. The average molecular weight is 252 g/mol. The van der Waals surface area contributed by atoms with Crippen LogP contribution in [0.1, 0.15) is 25.7 Å². The van der Waals surface area contributed by atoms with E-state index in [9.17, 15) is 9.59 Å². The molecule has 7 heteroatoms. The fourth-order valence-electron chi connectivity index (χ4n) is 2.24. The Morgan fingerprint density at radius 1 is 1.61 bits per heavy atom. The minimum atomic E-state index is -0.802. The van der Waals surface area contributed by atoms with Gasteiger partial charge in [-0.2, -0.15) is 0 Å². The van der Waals surface area contributed by atoms with E-state index in [4.69, 9.17) is 10.8 Å². The molecule has 1 fully saturated rings. The van der Waals surface area contributed by atoms with Gasteiger partial charge in [0.1, 0.15) is 5.69 Å². The van der Waals surface area contributed by atoms with Crippen LogP contribution in [-0.4, -0.2) is 27.6 Å². The number of aromatic nitrogens is 2. The van der Waals surface area contributed by atoms with Crippen LogP contribution in [-0.2, 0) is 4.79 Å². The summed E-state index contributed by atoms with van der Waals surface area (Å²) >= 11 is 0. The maximum atomic E-state index is 11.3. The van der Waals surface area contributed by atoms with E-state index >= 15 is 0 Å². The van der Waals surface area contributed by atoms with Gasteiger partial charge in [-0.25, -0.2) is 4.98 Å². The van der Waals surface area contributed by atoms with Gasteiger partial charge in [0.15, 0.2) is 5.82 Å². The number of hydrogen-bond acceptors (Lipinski definition) is 5. The van der Waals surface area contributed by atoms with E-state index in [-0.39, 0.29) is 17.5 Å². The topological polar surface area (TPSA) is 121 Å². The van der Waals surface area contributed by atoms with Crippen LogP contribution in [0.4, 0.5) is 11.5 Å². The van der Waals surface area contributed by atoms with E-state index in [1.165, 1.54) is 6.33 Å². The molecule has 0 aliphatic heterocycles. The Morgan fingerprint density at radius 3 is 2.89 bits per heavy atom. The molecule has 1 saturated carbocycles. The van der Waals surface area contributed by atoms with Crippen molar-refractivity contribution >= 4 is 17.5 Å². The van der Waals surface area contributed by atoms with Gasteiger partial charge < -0.3 is 21.1 Å². The van der Waals surface area contributed by atoms with Crippen molar-refractivity contribution in [1.82, 2.24) is 9.97 Å². The number of carbonyl (C=O) groups is 1. The summed E-state index contributed by atoms with van der Waals surface area (Å²) in [5.74, 6) is -0.487. The predicted octanol–water partition coefficient (Wildman–Crippen LogP) is 0.409. The number of nitrogen functional groups attached to an aromatic ring is 1. The van der Waals surface area contributed by atoms with Gasteiger partial charge in [-0.3, -0.25) is 9.59 Å². The molecular weight excluding hydrogens is 236 g/mol. The normalized spacial score (nSPS) is 16.9. The summed E-state index contributed by atoms with van der Waals surface area (Å²) in [6, 6.07) is 0. The van der Waals surface area contributed by atoms with Gasteiger partial charge in [0.05, 0.1) is 12.7 Å². The number of carboxylic acids is 1. The van der Waals surface area contributed by atoms with Crippen molar-refractivity contribution in [1.29, 1.82) is 0 Å². The van der Waals surface area contributed by atoms with E-state index in [0.29, 0.717) is 12.4 Å². The van der Waals surface area contributed by atoms with Crippen LogP contribution < -0.4 is 16.6 Å². The summed E-state index contributed by atoms with van der Waals surface area (Å²) in [6.45, 7) is 0.472. The van der Waals surface area contributed by atoms with Crippen molar-refractivity contribution in [3.05, 3.63) is 16.7 Å². The fraction of sp³-hybridized carbons (Fsp3) is 0.545. The number of carboxylic acid groups (broad SMARTS) is 1. The van der Waals surface area contributed by atoms with Crippen LogP contribution in [0, 0.1) is 5.41 Å². The lowest BCUT2D eigenvalue weighted by molar-refractivity contribution is -0.141. The Balaban J connectivity index is 2.04. The van der Waals surface area contributed by atoms with Gasteiger partial charge in [-0.15, -0.1) is 0 Å². The Bertz CT molecular complexity index is 507. The highest BCUT2D eigenvalue weighted by atomic mass is 16.4. The molecule has 0 atom stereocenters. The minimum absolute atomic E-state index is 0.0299. The molecule has 0 aromatic carbocycles. The number of anilines is 2. The molecule has 0 amide bonds. The zero-order valence-electron chi connectivity index (χ0n) is 9.90. The molecular formula is C11H16N4O3. The summed E-state index contributed by atoms with van der Waals surface area (Å²) in [5.41, 5.74) is 4.99. The largest absolute Gasteiger partial charge is 0.481 e. The van der Waals surface area contributed by atoms with E-state index in [2.05, 4.69) is 15.3 Å². The smallest absolute Gasteiger partial charge is 0.303 e. The molecule has 0 radical (unpaired) electrons. The van der Waals surface area contributed by atoms with Gasteiger partial charge in [0.2, 0.25) is 0 Å². The van der Waals surface area contributed by atoms with Crippen molar-refractivity contribution in [3.8, 4) is 0 Å². The lowest BCUT2D eigenvalue weighted by atomic mass is 9.66. The molecule has 7 nitrogen and oxygen atoms in total. The van der Waals surface area contributed by atoms with E-state index in [0.717, 1.165) is 19.3 Å². The number of nitrogens with two attached hydrogens (primary N) is 1. The highest BCUT2D eigenvalue weighted by Gasteiger charge is 2.38. The Labute approximate surface area is 103 Å². The fourth-order valence-corrected chi connectivity index (χ4v) is 2.24. The van der Waals surface area contributed by atoms with Crippen molar-refractivity contribution in [2.24, 2.45) is 5.41 Å². The third-order valence-corrected chi connectivity index (χ3v) is 3.46. The molecule has 0 saturated heterocycles. The van der Waals surface area contributed by atoms with Crippen molar-refractivity contribution < 1.29 is 9.90 Å². The molecule has 1 aliphatic carbocycles. The Hall–Kier alpha value is -2.05. The SMILES string of the molecule is Nc1c(NCC2(CC(=O)O)CCC2)nc[nH]c1=O. The summed E-state index contributed by atoms with van der Waals surface area (Å²) in [7, 11) is 0. The second kappa shape index (κ2) is 4.67. The molecule has 0 spiro atoms. The number of nitrogens with zero attached hydrogens (tertiary/aromatic N) is 1. The van der Waals surface area contributed by atoms with Gasteiger partial charge in [0, 0.05) is 6.54 Å². The first-order valence-corrected chi connectivity index (χ1v) is 5.81. The number of aliphatic carboxylic acids is 1. The first-order valence-electron chi connectivity index (χ1n) is 5.81. The zero-order valence-corrected chi connectivity index (χ0v) is 9.90. The standard InChI is InChI=1S/C11H16N4O3/c12-8-9(14-6-15-10(8)18)13-5-11(2-1-3-11)4-7(16)17/h6H,1-5,12H2,(H,16,17)(H2,13,14,15,18). The second-order valence-electron chi connectivity index (χ2n) is 4.77. The summed E-state index contributed by atoms with van der Waals surface area (Å²) < 4.78 is 0. The molecule has 5 N–H and O–H groups in total. The van der Waals surface area contributed by atoms with Gasteiger partial charge in [-0.1, -0.05) is 6.42 Å². The third kappa shape index (κ3) is 2.44. The first-order chi connectivity index (χ1) is 8.52. The highest BCUT2D eigenvalue weighted by Crippen LogP contribution is 2.44. The van der Waals surface area contributed by atoms with Gasteiger partial charge >= 0.3 is 5.97 Å². The molecule has 1 aromatic heterocycles. The number of H-pyrrole nitrogens is 1. The maximum Gasteiger partial charge on any atom is 0.303 e. The predicted molar refractivity (Wildman–Crippen MR) is 66.3 cm³/mol. The molecule has 18 heavy (non-hydrogen) atoms. The van der Waals surface area contributed by atoms with Crippen molar-refractivity contribution in [3.63, 3.8) is 0 Å². The Kier molecular flexibility index (Phi) is 3.22. The minimum Gasteiger partial charge on any atom is -0.481 e. The van der Waals surface area contributed by atoms with Crippen LogP contribution >= 0.6 is 0 Å². The van der Waals surface area contributed by atoms with E-state index in [1.54, 1.807) is 0 Å². The maximum absolute atomic E-state index is 11.3. The number of aromatic amines is 1. The van der Waals surface area contributed by atoms with E-state index in [1.807, 2.05) is 0 Å². The molecule has 0 unspecified atom stereocenters. The highest BCUT2D eigenvalue weighted by molar-refractivity contribution is 5.68. The van der Waals surface area contributed by atoms with Crippen molar-refractivity contribution in [2.45, 2.75) is 25.7 Å². The summed E-state index contributed by atoms with van der Waals surface area (Å²) in [4.78, 5) is 28.4. The van der Waals surface area contributed by atoms with E-state index < -0.39 is 11.5 Å². The molecule has 1 heterocycles.